The molecule has 0 aromatic heterocycles. The van der Waals surface area contributed by atoms with E-state index in [0.717, 1.165) is 31.0 Å². The number of nitrogens with one attached hydrogen (secondary N) is 1. The minimum absolute atomic E-state index is 0.878. The van der Waals surface area contributed by atoms with Gasteiger partial charge in [0.05, 0.1) is 0 Å². The minimum atomic E-state index is 0.878. The third-order valence-corrected chi connectivity index (χ3v) is 3.06. The van der Waals surface area contributed by atoms with Crippen molar-refractivity contribution in [3.8, 4) is 11.5 Å². The molecule has 0 heterocycles. The largest absolute Gasteiger partial charge is 0.457 e. The number of rotatable bonds is 6. The standard InChI is InChI=1S/C17H21NO/c1-3-15-9-5-6-11-17(15)19-16-10-7-8-14(12-16)13-18-4-2/h5-12,18H,3-4,13H2,1-2H3. The average molecular weight is 255 g/mol. The van der Waals surface area contributed by atoms with Crippen LogP contribution in [0.5, 0.6) is 11.5 Å². The molecule has 0 radical (unpaired) electrons. The van der Waals surface area contributed by atoms with Crippen LogP contribution in [0.1, 0.15) is 25.0 Å². The highest BCUT2D eigenvalue weighted by molar-refractivity contribution is 5.38. The van der Waals surface area contributed by atoms with E-state index in [1.54, 1.807) is 0 Å². The summed E-state index contributed by atoms with van der Waals surface area (Å²) in [6.07, 6.45) is 0.979. The Morgan fingerprint density at radius 3 is 2.63 bits per heavy atom. The van der Waals surface area contributed by atoms with E-state index >= 15 is 0 Å². The number of hydrogen-bond donors (Lipinski definition) is 1. The number of benzene rings is 2. The first kappa shape index (κ1) is 13.6. The van der Waals surface area contributed by atoms with Gasteiger partial charge in [0.1, 0.15) is 11.5 Å². The summed E-state index contributed by atoms with van der Waals surface area (Å²) in [5.41, 5.74) is 2.48. The van der Waals surface area contributed by atoms with Crippen molar-refractivity contribution in [1.29, 1.82) is 0 Å². The van der Waals surface area contributed by atoms with E-state index in [2.05, 4.69) is 37.4 Å². The number of ether oxygens (including phenoxy) is 1. The molecule has 0 spiro atoms. The van der Waals surface area contributed by atoms with E-state index in [1.165, 1.54) is 11.1 Å². The van der Waals surface area contributed by atoms with Gasteiger partial charge < -0.3 is 10.1 Å². The van der Waals surface area contributed by atoms with Crippen molar-refractivity contribution < 1.29 is 4.74 Å². The molecular weight excluding hydrogens is 234 g/mol. The summed E-state index contributed by atoms with van der Waals surface area (Å²) in [6, 6.07) is 16.4. The summed E-state index contributed by atoms with van der Waals surface area (Å²) in [7, 11) is 0. The van der Waals surface area contributed by atoms with Gasteiger partial charge in [-0.2, -0.15) is 0 Å². The molecule has 1 N–H and O–H groups in total. The molecule has 0 saturated heterocycles. The van der Waals surface area contributed by atoms with Crippen molar-refractivity contribution >= 4 is 0 Å². The van der Waals surface area contributed by atoms with Crippen LogP contribution in [-0.2, 0) is 13.0 Å². The van der Waals surface area contributed by atoms with Crippen molar-refractivity contribution in [1.82, 2.24) is 5.32 Å². The Balaban J connectivity index is 2.14. The Kier molecular flexibility index (Phi) is 4.99. The summed E-state index contributed by atoms with van der Waals surface area (Å²) in [5.74, 6) is 1.85. The third-order valence-electron chi connectivity index (χ3n) is 3.06. The normalized spacial score (nSPS) is 10.4. The minimum Gasteiger partial charge on any atom is -0.457 e. The summed E-state index contributed by atoms with van der Waals surface area (Å²) in [4.78, 5) is 0. The van der Waals surface area contributed by atoms with Crippen LogP contribution in [0.3, 0.4) is 0 Å². The van der Waals surface area contributed by atoms with Gasteiger partial charge >= 0.3 is 0 Å². The van der Waals surface area contributed by atoms with E-state index < -0.39 is 0 Å². The predicted molar refractivity (Wildman–Crippen MR) is 79.7 cm³/mol. The maximum Gasteiger partial charge on any atom is 0.130 e. The molecule has 2 rings (SSSR count). The Bertz CT molecular complexity index is 522. The average Bonchev–Trinajstić information content (AvgIpc) is 2.46. The Morgan fingerprint density at radius 2 is 1.84 bits per heavy atom. The highest BCUT2D eigenvalue weighted by atomic mass is 16.5. The zero-order valence-corrected chi connectivity index (χ0v) is 11.6. The molecule has 100 valence electrons. The first-order valence-corrected chi connectivity index (χ1v) is 6.89. The van der Waals surface area contributed by atoms with Crippen LogP contribution >= 0.6 is 0 Å². The van der Waals surface area contributed by atoms with Gasteiger partial charge in [-0.1, -0.05) is 44.2 Å². The van der Waals surface area contributed by atoms with Gasteiger partial charge in [0.15, 0.2) is 0 Å². The fourth-order valence-electron chi connectivity index (χ4n) is 2.01. The maximum atomic E-state index is 5.99. The van der Waals surface area contributed by atoms with E-state index in [1.807, 2.05) is 30.3 Å². The Morgan fingerprint density at radius 1 is 1.00 bits per heavy atom. The quantitative estimate of drug-likeness (QED) is 0.837. The summed E-state index contributed by atoms with van der Waals surface area (Å²) < 4.78 is 5.99. The van der Waals surface area contributed by atoms with Crippen molar-refractivity contribution in [3.05, 3.63) is 59.7 Å². The molecule has 0 aliphatic heterocycles. The van der Waals surface area contributed by atoms with Gasteiger partial charge in [-0.05, 0) is 42.3 Å². The highest BCUT2D eigenvalue weighted by Gasteiger charge is 2.03. The fourth-order valence-corrected chi connectivity index (χ4v) is 2.01. The second-order valence-corrected chi connectivity index (χ2v) is 4.49. The molecule has 2 heteroatoms. The SMILES string of the molecule is CCNCc1cccc(Oc2ccccc2CC)c1. The Labute approximate surface area is 115 Å². The van der Waals surface area contributed by atoms with Gasteiger partial charge in [-0.3, -0.25) is 0 Å². The molecule has 0 bridgehead atoms. The van der Waals surface area contributed by atoms with Crippen molar-refractivity contribution in [2.24, 2.45) is 0 Å². The zero-order chi connectivity index (χ0) is 13.5. The molecular formula is C17H21NO. The molecule has 2 aromatic rings. The van der Waals surface area contributed by atoms with Gasteiger partial charge in [0.25, 0.3) is 0 Å². The lowest BCUT2D eigenvalue weighted by atomic mass is 10.1. The van der Waals surface area contributed by atoms with E-state index in [4.69, 9.17) is 4.74 Å². The Hall–Kier alpha value is -1.80. The smallest absolute Gasteiger partial charge is 0.130 e. The summed E-state index contributed by atoms with van der Waals surface area (Å²) >= 11 is 0. The number of para-hydroxylation sites is 1. The zero-order valence-electron chi connectivity index (χ0n) is 11.6. The second kappa shape index (κ2) is 6.95. The maximum absolute atomic E-state index is 5.99. The van der Waals surface area contributed by atoms with E-state index in [-0.39, 0.29) is 0 Å². The lowest BCUT2D eigenvalue weighted by Gasteiger charge is -2.11. The van der Waals surface area contributed by atoms with Gasteiger partial charge in [0, 0.05) is 6.54 Å². The first-order chi connectivity index (χ1) is 9.33. The molecule has 19 heavy (non-hydrogen) atoms. The van der Waals surface area contributed by atoms with Crippen LogP contribution < -0.4 is 10.1 Å². The molecule has 0 aliphatic rings. The van der Waals surface area contributed by atoms with Crippen LogP contribution in [0.25, 0.3) is 0 Å². The molecule has 0 atom stereocenters. The molecule has 0 unspecified atom stereocenters. The summed E-state index contributed by atoms with van der Waals surface area (Å²) in [6.45, 7) is 6.11. The lowest BCUT2D eigenvalue weighted by molar-refractivity contribution is 0.476. The van der Waals surface area contributed by atoms with E-state index in [0.29, 0.717) is 0 Å². The monoisotopic (exact) mass is 255 g/mol. The molecule has 0 saturated carbocycles. The topological polar surface area (TPSA) is 21.3 Å². The lowest BCUT2D eigenvalue weighted by Crippen LogP contribution is -2.11. The van der Waals surface area contributed by atoms with Crippen LogP contribution in [0.4, 0.5) is 0 Å². The van der Waals surface area contributed by atoms with Crippen LogP contribution in [-0.4, -0.2) is 6.54 Å². The van der Waals surface area contributed by atoms with Crippen LogP contribution in [0, 0.1) is 0 Å². The van der Waals surface area contributed by atoms with Crippen molar-refractivity contribution in [2.45, 2.75) is 26.8 Å². The van der Waals surface area contributed by atoms with Crippen molar-refractivity contribution in [2.75, 3.05) is 6.54 Å². The number of hydrogen-bond acceptors (Lipinski definition) is 2. The summed E-state index contributed by atoms with van der Waals surface area (Å²) in [5, 5.41) is 3.32. The van der Waals surface area contributed by atoms with Crippen LogP contribution in [0.15, 0.2) is 48.5 Å². The first-order valence-electron chi connectivity index (χ1n) is 6.89. The molecule has 2 aromatic carbocycles. The molecule has 2 nitrogen and oxygen atoms in total. The number of aryl methyl sites for hydroxylation is 1. The van der Waals surface area contributed by atoms with E-state index in [9.17, 15) is 0 Å². The molecule has 0 amide bonds. The van der Waals surface area contributed by atoms with Crippen LogP contribution in [0.2, 0.25) is 0 Å². The highest BCUT2D eigenvalue weighted by Crippen LogP contribution is 2.26. The molecule has 0 fully saturated rings. The van der Waals surface area contributed by atoms with Gasteiger partial charge in [0.2, 0.25) is 0 Å². The van der Waals surface area contributed by atoms with Gasteiger partial charge in [-0.25, -0.2) is 0 Å². The predicted octanol–water partition coefficient (Wildman–Crippen LogP) is 4.15. The van der Waals surface area contributed by atoms with Gasteiger partial charge in [-0.15, -0.1) is 0 Å². The van der Waals surface area contributed by atoms with Crippen molar-refractivity contribution in [3.63, 3.8) is 0 Å². The third kappa shape index (κ3) is 3.83. The fraction of sp³-hybridized carbons (Fsp3) is 0.294. The molecule has 0 aliphatic carbocycles. The second-order valence-electron chi connectivity index (χ2n) is 4.49.